The number of nitrogens with one attached hydrogen (secondary N) is 2. The van der Waals surface area contributed by atoms with Crippen LogP contribution in [0.4, 0.5) is 32.4 Å². The molecule has 1 unspecified atom stereocenters. The molecule has 3 rings (SSSR count). The predicted octanol–water partition coefficient (Wildman–Crippen LogP) is 5.14. The Kier molecular flexibility index (Phi) is 7.34. The largest absolute Gasteiger partial charge is 0.418 e. The summed E-state index contributed by atoms with van der Waals surface area (Å²) in [6, 6.07) is 11.4. The molecule has 3 aromatic rings. The topological polar surface area (TPSA) is 80.3 Å². The van der Waals surface area contributed by atoms with E-state index in [0.29, 0.717) is 0 Å². The van der Waals surface area contributed by atoms with Crippen LogP contribution in [0.5, 0.6) is 0 Å². The standard InChI is InChI=1S/C22H16F5N3O3/c23-16-7-4-8-17(24)18(16)20(31)30-21(32)29-14-9-10-15(28-11-14)12-33-19(22(25,26)27)13-5-2-1-3-6-13/h1-11,19H,12H2,(H2,29,30,31,32). The van der Waals surface area contributed by atoms with E-state index in [4.69, 9.17) is 4.74 Å². The van der Waals surface area contributed by atoms with Crippen LogP contribution in [0.15, 0.2) is 66.9 Å². The highest BCUT2D eigenvalue weighted by molar-refractivity contribution is 6.08. The number of nitrogens with zero attached hydrogens (tertiary/aromatic N) is 1. The number of pyridine rings is 1. The molecule has 33 heavy (non-hydrogen) atoms. The van der Waals surface area contributed by atoms with Gasteiger partial charge in [0, 0.05) is 0 Å². The maximum absolute atomic E-state index is 13.6. The highest BCUT2D eigenvalue weighted by Gasteiger charge is 2.41. The van der Waals surface area contributed by atoms with Gasteiger partial charge >= 0.3 is 12.2 Å². The Morgan fingerprint density at radius 1 is 0.939 bits per heavy atom. The summed E-state index contributed by atoms with van der Waals surface area (Å²) in [5, 5.41) is 3.99. The van der Waals surface area contributed by atoms with E-state index in [1.165, 1.54) is 36.4 Å². The Balaban J connectivity index is 1.58. The number of carbonyl (C=O) groups is 2. The van der Waals surface area contributed by atoms with Gasteiger partial charge in [-0.05, 0) is 29.8 Å². The summed E-state index contributed by atoms with van der Waals surface area (Å²) in [6.45, 7) is -0.462. The van der Waals surface area contributed by atoms with Gasteiger partial charge < -0.3 is 10.1 Å². The Labute approximate surface area is 184 Å². The fourth-order valence-corrected chi connectivity index (χ4v) is 2.80. The molecule has 1 aromatic heterocycles. The number of amides is 3. The van der Waals surface area contributed by atoms with Crippen LogP contribution in [-0.2, 0) is 11.3 Å². The first-order valence-electron chi connectivity index (χ1n) is 9.39. The Hall–Kier alpha value is -3.86. The molecule has 0 radical (unpaired) electrons. The summed E-state index contributed by atoms with van der Waals surface area (Å²) in [5.74, 6) is -3.57. The molecule has 0 bridgehead atoms. The molecule has 2 N–H and O–H groups in total. The van der Waals surface area contributed by atoms with Gasteiger partial charge in [0.1, 0.15) is 17.2 Å². The first-order valence-corrected chi connectivity index (χ1v) is 9.39. The molecule has 0 saturated carbocycles. The lowest BCUT2D eigenvalue weighted by Gasteiger charge is -2.21. The quantitative estimate of drug-likeness (QED) is 0.494. The van der Waals surface area contributed by atoms with E-state index in [1.807, 2.05) is 0 Å². The fraction of sp³-hybridized carbons (Fsp3) is 0.136. The Morgan fingerprint density at radius 3 is 2.18 bits per heavy atom. The van der Waals surface area contributed by atoms with Gasteiger partial charge in [-0.15, -0.1) is 0 Å². The molecular weight excluding hydrogens is 449 g/mol. The number of alkyl halides is 3. The average molecular weight is 465 g/mol. The number of urea groups is 1. The Bertz CT molecular complexity index is 1100. The van der Waals surface area contributed by atoms with Crippen molar-refractivity contribution in [3.63, 3.8) is 0 Å². The molecule has 0 spiro atoms. The molecule has 2 aromatic carbocycles. The van der Waals surface area contributed by atoms with Crippen LogP contribution in [0, 0.1) is 11.6 Å². The number of hydrogen-bond acceptors (Lipinski definition) is 4. The van der Waals surface area contributed by atoms with Crippen LogP contribution in [-0.4, -0.2) is 23.1 Å². The zero-order valence-corrected chi connectivity index (χ0v) is 16.7. The molecule has 0 saturated heterocycles. The second-order valence-corrected chi connectivity index (χ2v) is 6.69. The van der Waals surface area contributed by atoms with Crippen molar-refractivity contribution in [2.45, 2.75) is 18.9 Å². The van der Waals surface area contributed by atoms with Crippen molar-refractivity contribution in [1.82, 2.24) is 10.3 Å². The summed E-state index contributed by atoms with van der Waals surface area (Å²) in [6.07, 6.45) is -5.66. The number of imide groups is 1. The summed E-state index contributed by atoms with van der Waals surface area (Å²) in [7, 11) is 0. The number of carbonyl (C=O) groups excluding carboxylic acids is 2. The van der Waals surface area contributed by atoms with Crippen LogP contribution < -0.4 is 10.6 Å². The Morgan fingerprint density at radius 2 is 1.61 bits per heavy atom. The molecule has 3 amide bonds. The lowest BCUT2D eigenvalue weighted by Crippen LogP contribution is -2.35. The third-order valence-electron chi connectivity index (χ3n) is 4.30. The van der Waals surface area contributed by atoms with Crippen molar-refractivity contribution < 1.29 is 36.3 Å². The van der Waals surface area contributed by atoms with Crippen molar-refractivity contribution in [3.05, 3.63) is 95.3 Å². The van der Waals surface area contributed by atoms with Crippen molar-refractivity contribution in [2.75, 3.05) is 5.32 Å². The van der Waals surface area contributed by atoms with Gasteiger partial charge in [0.15, 0.2) is 6.10 Å². The molecule has 1 heterocycles. The normalized spacial score (nSPS) is 12.2. The predicted molar refractivity (Wildman–Crippen MR) is 107 cm³/mol. The van der Waals surface area contributed by atoms with Crippen LogP contribution in [0.3, 0.4) is 0 Å². The first kappa shape index (κ1) is 23.8. The van der Waals surface area contributed by atoms with E-state index in [9.17, 15) is 31.5 Å². The molecule has 11 heteroatoms. The minimum atomic E-state index is -4.63. The highest BCUT2D eigenvalue weighted by Crippen LogP contribution is 2.36. The number of benzene rings is 2. The van der Waals surface area contributed by atoms with Crippen LogP contribution >= 0.6 is 0 Å². The number of anilines is 1. The number of ether oxygens (including phenoxy) is 1. The average Bonchev–Trinajstić information content (AvgIpc) is 2.74. The summed E-state index contributed by atoms with van der Waals surface area (Å²) >= 11 is 0. The van der Waals surface area contributed by atoms with Gasteiger partial charge in [0.05, 0.1) is 24.2 Å². The summed E-state index contributed by atoms with van der Waals surface area (Å²) < 4.78 is 72.2. The lowest BCUT2D eigenvalue weighted by molar-refractivity contribution is -0.227. The molecule has 172 valence electrons. The van der Waals surface area contributed by atoms with E-state index < -0.39 is 48.0 Å². The lowest BCUT2D eigenvalue weighted by atomic mass is 10.1. The van der Waals surface area contributed by atoms with Crippen LogP contribution in [0.25, 0.3) is 0 Å². The van der Waals surface area contributed by atoms with E-state index in [2.05, 4.69) is 10.3 Å². The highest BCUT2D eigenvalue weighted by atomic mass is 19.4. The maximum Gasteiger partial charge on any atom is 0.418 e. The molecule has 0 aliphatic carbocycles. The summed E-state index contributed by atoms with van der Waals surface area (Å²) in [5.41, 5.74) is -0.754. The monoisotopic (exact) mass is 465 g/mol. The zero-order valence-electron chi connectivity index (χ0n) is 16.7. The van der Waals surface area contributed by atoms with Gasteiger partial charge in [0.2, 0.25) is 0 Å². The van der Waals surface area contributed by atoms with E-state index in [0.717, 1.165) is 24.4 Å². The van der Waals surface area contributed by atoms with Crippen LogP contribution in [0.2, 0.25) is 0 Å². The van der Waals surface area contributed by atoms with Crippen molar-refractivity contribution in [3.8, 4) is 0 Å². The molecule has 1 atom stereocenters. The smallest absolute Gasteiger partial charge is 0.358 e. The van der Waals surface area contributed by atoms with Gasteiger partial charge in [-0.2, -0.15) is 13.2 Å². The second kappa shape index (κ2) is 10.2. The van der Waals surface area contributed by atoms with E-state index >= 15 is 0 Å². The molecular formula is C22H16F5N3O3. The number of halogens is 5. The minimum Gasteiger partial charge on any atom is -0.358 e. The second-order valence-electron chi connectivity index (χ2n) is 6.69. The molecule has 0 fully saturated rings. The van der Waals surface area contributed by atoms with Gasteiger partial charge in [-0.3, -0.25) is 15.1 Å². The third-order valence-corrected chi connectivity index (χ3v) is 4.30. The SMILES string of the molecule is O=C(NC(=O)c1c(F)cccc1F)Nc1ccc(COC(c2ccccc2)C(F)(F)F)nc1. The van der Waals surface area contributed by atoms with Crippen molar-refractivity contribution >= 4 is 17.6 Å². The van der Waals surface area contributed by atoms with Crippen molar-refractivity contribution in [2.24, 2.45) is 0 Å². The van der Waals surface area contributed by atoms with Gasteiger partial charge in [0.25, 0.3) is 5.91 Å². The van der Waals surface area contributed by atoms with E-state index in [1.54, 1.807) is 11.4 Å². The number of hydrogen-bond donors (Lipinski definition) is 2. The molecule has 6 nitrogen and oxygen atoms in total. The summed E-state index contributed by atoms with van der Waals surface area (Å²) in [4.78, 5) is 27.7. The number of rotatable bonds is 6. The maximum atomic E-state index is 13.6. The van der Waals surface area contributed by atoms with Crippen molar-refractivity contribution in [1.29, 1.82) is 0 Å². The number of aromatic nitrogens is 1. The fourth-order valence-electron chi connectivity index (χ4n) is 2.80. The van der Waals surface area contributed by atoms with Crippen LogP contribution in [0.1, 0.15) is 27.7 Å². The molecule has 0 aliphatic rings. The first-order chi connectivity index (χ1) is 15.6. The molecule has 0 aliphatic heterocycles. The van der Waals surface area contributed by atoms with Gasteiger partial charge in [-0.25, -0.2) is 13.6 Å². The van der Waals surface area contributed by atoms with E-state index in [-0.39, 0.29) is 16.9 Å². The van der Waals surface area contributed by atoms with Gasteiger partial charge in [-0.1, -0.05) is 36.4 Å². The third kappa shape index (κ3) is 6.32. The minimum absolute atomic E-state index is 0.0593. The zero-order chi connectivity index (χ0) is 24.0.